The summed E-state index contributed by atoms with van der Waals surface area (Å²) in [6.07, 6.45) is 13.2. The fourth-order valence-corrected chi connectivity index (χ4v) is 4.32. The number of aromatic nitrogens is 6. The summed E-state index contributed by atoms with van der Waals surface area (Å²) in [5.41, 5.74) is 5.00. The Morgan fingerprint density at radius 1 is 0.941 bits per heavy atom. The molecule has 0 N–H and O–H groups in total. The van der Waals surface area contributed by atoms with E-state index in [0.29, 0.717) is 5.82 Å². The first-order valence-corrected chi connectivity index (χ1v) is 11.3. The molecule has 1 aromatic carbocycles. The number of benzene rings is 1. The number of likely N-dealkylation sites (tertiary alicyclic amines) is 1. The first-order valence-electron chi connectivity index (χ1n) is 11.3. The second-order valence-electron chi connectivity index (χ2n) is 8.53. The Kier molecular flexibility index (Phi) is 6.18. The number of aryl methyl sites for hydroxylation is 1. The van der Waals surface area contributed by atoms with Gasteiger partial charge in [0.1, 0.15) is 6.61 Å². The maximum atomic E-state index is 12.0. The zero-order valence-electron chi connectivity index (χ0n) is 19.3. The number of hydrogen-bond donors (Lipinski definition) is 0. The second-order valence-corrected chi connectivity index (χ2v) is 8.53. The van der Waals surface area contributed by atoms with E-state index in [4.69, 9.17) is 4.74 Å². The molecule has 4 aromatic rings. The molecule has 0 atom stereocenters. The molecule has 0 saturated carbocycles. The van der Waals surface area contributed by atoms with E-state index in [1.54, 1.807) is 11.8 Å². The van der Waals surface area contributed by atoms with E-state index < -0.39 is 0 Å². The molecule has 5 rings (SSSR count). The lowest BCUT2D eigenvalue weighted by Gasteiger charge is -2.32. The SMILES string of the molecule is COCC(=O)N1CCC(n2cc(-c3cnc(-c4cccc(-c5cnn(C)c5)c4)nc3)cn2)CC1. The maximum absolute atomic E-state index is 12.0. The van der Waals surface area contributed by atoms with Crippen molar-refractivity contribution in [3.63, 3.8) is 0 Å². The molecule has 0 unspecified atom stereocenters. The molecule has 1 aliphatic heterocycles. The van der Waals surface area contributed by atoms with Crippen LogP contribution >= 0.6 is 0 Å². The zero-order chi connectivity index (χ0) is 23.5. The van der Waals surface area contributed by atoms with Gasteiger partial charge in [0.25, 0.3) is 0 Å². The van der Waals surface area contributed by atoms with Crippen LogP contribution < -0.4 is 0 Å². The summed E-state index contributed by atoms with van der Waals surface area (Å²) < 4.78 is 8.75. The number of piperidine rings is 1. The first-order chi connectivity index (χ1) is 16.6. The van der Waals surface area contributed by atoms with Gasteiger partial charge < -0.3 is 9.64 Å². The van der Waals surface area contributed by atoms with Crippen LogP contribution in [0, 0.1) is 0 Å². The molecule has 3 aromatic heterocycles. The molecular formula is C25H27N7O2. The Balaban J connectivity index is 1.27. The molecule has 9 heteroatoms. The number of amides is 1. The highest BCUT2D eigenvalue weighted by molar-refractivity contribution is 5.77. The smallest absolute Gasteiger partial charge is 0.248 e. The van der Waals surface area contributed by atoms with E-state index in [9.17, 15) is 4.79 Å². The van der Waals surface area contributed by atoms with E-state index >= 15 is 0 Å². The van der Waals surface area contributed by atoms with Crippen molar-refractivity contribution in [1.29, 1.82) is 0 Å². The molecule has 9 nitrogen and oxygen atoms in total. The molecule has 4 heterocycles. The molecule has 0 bridgehead atoms. The summed E-state index contributed by atoms with van der Waals surface area (Å²) in [6, 6.07) is 8.43. The highest BCUT2D eigenvalue weighted by Crippen LogP contribution is 2.27. The van der Waals surface area contributed by atoms with Crippen molar-refractivity contribution in [2.75, 3.05) is 26.8 Å². The van der Waals surface area contributed by atoms with Crippen molar-refractivity contribution in [3.05, 3.63) is 61.4 Å². The van der Waals surface area contributed by atoms with Gasteiger partial charge in [0, 0.05) is 74.3 Å². The number of methoxy groups -OCH3 is 1. The van der Waals surface area contributed by atoms with Crippen LogP contribution in [0.1, 0.15) is 18.9 Å². The predicted molar refractivity (Wildman–Crippen MR) is 128 cm³/mol. The van der Waals surface area contributed by atoms with Gasteiger partial charge in [-0.15, -0.1) is 0 Å². The lowest BCUT2D eigenvalue weighted by atomic mass is 10.1. The van der Waals surface area contributed by atoms with Gasteiger partial charge >= 0.3 is 0 Å². The van der Waals surface area contributed by atoms with E-state index in [0.717, 1.165) is 53.7 Å². The monoisotopic (exact) mass is 457 g/mol. The average molecular weight is 458 g/mol. The molecule has 0 spiro atoms. The van der Waals surface area contributed by atoms with Crippen molar-refractivity contribution < 1.29 is 9.53 Å². The van der Waals surface area contributed by atoms with Gasteiger partial charge in [-0.1, -0.05) is 18.2 Å². The fraction of sp³-hybridized carbons (Fsp3) is 0.320. The molecule has 1 amide bonds. The van der Waals surface area contributed by atoms with Crippen molar-refractivity contribution in [2.24, 2.45) is 7.05 Å². The van der Waals surface area contributed by atoms with E-state index in [2.05, 4.69) is 32.3 Å². The van der Waals surface area contributed by atoms with Crippen molar-refractivity contribution in [1.82, 2.24) is 34.4 Å². The van der Waals surface area contributed by atoms with Crippen LogP contribution in [0.25, 0.3) is 33.6 Å². The van der Waals surface area contributed by atoms with Gasteiger partial charge in [-0.05, 0) is 24.5 Å². The number of carbonyl (C=O) groups excluding carboxylic acids is 1. The van der Waals surface area contributed by atoms with Gasteiger partial charge in [-0.25, -0.2) is 9.97 Å². The Morgan fingerprint density at radius 2 is 1.65 bits per heavy atom. The largest absolute Gasteiger partial charge is 0.375 e. The summed E-state index contributed by atoms with van der Waals surface area (Å²) >= 11 is 0. The van der Waals surface area contributed by atoms with Crippen molar-refractivity contribution in [2.45, 2.75) is 18.9 Å². The molecule has 174 valence electrons. The lowest BCUT2D eigenvalue weighted by Crippen LogP contribution is -2.40. The van der Waals surface area contributed by atoms with Crippen LogP contribution in [0.2, 0.25) is 0 Å². The van der Waals surface area contributed by atoms with Crippen LogP contribution in [0.3, 0.4) is 0 Å². The zero-order valence-corrected chi connectivity index (χ0v) is 19.3. The summed E-state index contributed by atoms with van der Waals surface area (Å²) in [5, 5.41) is 8.83. The van der Waals surface area contributed by atoms with Gasteiger partial charge in [0.05, 0.1) is 18.4 Å². The van der Waals surface area contributed by atoms with Crippen molar-refractivity contribution >= 4 is 5.91 Å². The number of ether oxygens (including phenoxy) is 1. The van der Waals surface area contributed by atoms with Gasteiger partial charge in [-0.2, -0.15) is 10.2 Å². The molecule has 0 radical (unpaired) electrons. The third kappa shape index (κ3) is 4.60. The quantitative estimate of drug-likeness (QED) is 0.442. The topological polar surface area (TPSA) is 91.0 Å². The molecule has 34 heavy (non-hydrogen) atoms. The van der Waals surface area contributed by atoms with Crippen LogP contribution in [-0.4, -0.2) is 67.1 Å². The normalized spacial score (nSPS) is 14.5. The van der Waals surface area contributed by atoms with Gasteiger partial charge in [-0.3, -0.25) is 14.2 Å². The summed E-state index contributed by atoms with van der Waals surface area (Å²) in [5.74, 6) is 0.722. The lowest BCUT2D eigenvalue weighted by molar-refractivity contribution is -0.136. The van der Waals surface area contributed by atoms with Crippen LogP contribution in [0.5, 0.6) is 0 Å². The fourth-order valence-electron chi connectivity index (χ4n) is 4.32. The van der Waals surface area contributed by atoms with E-state index in [1.807, 2.05) is 65.9 Å². The second kappa shape index (κ2) is 9.56. The molecule has 1 saturated heterocycles. The maximum Gasteiger partial charge on any atom is 0.248 e. The predicted octanol–water partition coefficient (Wildman–Crippen LogP) is 3.22. The van der Waals surface area contributed by atoms with E-state index in [1.165, 1.54) is 0 Å². The third-order valence-corrected chi connectivity index (χ3v) is 6.20. The number of carbonyl (C=O) groups is 1. The highest BCUT2D eigenvalue weighted by atomic mass is 16.5. The Bertz CT molecular complexity index is 1270. The average Bonchev–Trinajstić information content (AvgIpc) is 3.54. The van der Waals surface area contributed by atoms with Crippen LogP contribution in [0.4, 0.5) is 0 Å². The van der Waals surface area contributed by atoms with Crippen molar-refractivity contribution in [3.8, 4) is 33.6 Å². The van der Waals surface area contributed by atoms with Gasteiger partial charge in [0.2, 0.25) is 5.91 Å². The minimum absolute atomic E-state index is 0.0466. The Labute approximate surface area is 198 Å². The summed E-state index contributed by atoms with van der Waals surface area (Å²) in [7, 11) is 3.45. The molecule has 0 aliphatic carbocycles. The first kappa shape index (κ1) is 22.0. The third-order valence-electron chi connectivity index (χ3n) is 6.20. The molecule has 1 aliphatic rings. The van der Waals surface area contributed by atoms with Crippen LogP contribution in [-0.2, 0) is 16.6 Å². The molecule has 1 fully saturated rings. The Morgan fingerprint density at radius 3 is 2.35 bits per heavy atom. The number of rotatable bonds is 6. The minimum atomic E-state index is 0.0466. The minimum Gasteiger partial charge on any atom is -0.375 e. The number of hydrogen-bond acceptors (Lipinski definition) is 6. The Hall–Kier alpha value is -3.85. The standard InChI is InChI=1S/C25H27N7O2/c1-30-15-21(13-28-30)18-4-3-5-19(10-18)25-26-11-20(12-27-25)22-14-29-32(16-22)23-6-8-31(9-7-23)24(33)17-34-2/h3-5,10-16,23H,6-9,17H2,1-2H3. The summed E-state index contributed by atoms with van der Waals surface area (Å²) in [4.78, 5) is 23.1. The van der Waals surface area contributed by atoms with E-state index in [-0.39, 0.29) is 18.6 Å². The molecular weight excluding hydrogens is 430 g/mol. The number of nitrogens with zero attached hydrogens (tertiary/aromatic N) is 7. The van der Waals surface area contributed by atoms with Crippen LogP contribution in [0.15, 0.2) is 61.4 Å². The summed E-state index contributed by atoms with van der Waals surface area (Å²) in [6.45, 7) is 1.58. The highest BCUT2D eigenvalue weighted by Gasteiger charge is 2.24. The van der Waals surface area contributed by atoms with Gasteiger partial charge in [0.15, 0.2) is 5.82 Å².